The predicted octanol–water partition coefficient (Wildman–Crippen LogP) is 2.61. The van der Waals surface area contributed by atoms with Gasteiger partial charge in [0.1, 0.15) is 12.0 Å². The average molecular weight is 317 g/mol. The molecule has 6 heteroatoms. The molecule has 5 nitrogen and oxygen atoms in total. The lowest BCUT2D eigenvalue weighted by Crippen LogP contribution is -2.42. The van der Waals surface area contributed by atoms with Crippen LogP contribution in [0.4, 0.5) is 5.69 Å². The lowest BCUT2D eigenvalue weighted by Gasteiger charge is -2.28. The van der Waals surface area contributed by atoms with Crippen molar-refractivity contribution < 1.29 is 4.79 Å². The molecule has 2 heterocycles. The third-order valence-corrected chi connectivity index (χ3v) is 4.22. The van der Waals surface area contributed by atoms with Crippen LogP contribution >= 0.6 is 11.6 Å². The van der Waals surface area contributed by atoms with E-state index >= 15 is 0 Å². The summed E-state index contributed by atoms with van der Waals surface area (Å²) in [7, 11) is 2.04. The molecule has 22 heavy (non-hydrogen) atoms. The first-order chi connectivity index (χ1) is 10.6. The van der Waals surface area contributed by atoms with E-state index in [0.29, 0.717) is 6.54 Å². The number of likely N-dealkylation sites (N-methyl/N-ethyl adjacent to an activating group) is 1. The molecule has 1 amide bonds. The van der Waals surface area contributed by atoms with Gasteiger partial charge in [0.15, 0.2) is 0 Å². The van der Waals surface area contributed by atoms with Crippen molar-refractivity contribution in [3.63, 3.8) is 0 Å². The largest absolute Gasteiger partial charge is 0.372 e. The number of halogens is 1. The fraction of sp³-hybridized carbons (Fsp3) is 0.312. The SMILES string of the molecule is CC1CN(C)c2ccccc2CN1C(=O)c1ncncc1Cl. The standard InChI is InChI=1S/C16H17ClN4O/c1-11-8-20(2)14-6-4-3-5-12(14)9-21(11)16(22)15-13(17)7-18-10-19-15/h3-7,10-11H,8-9H2,1-2H3. The summed E-state index contributed by atoms with van der Waals surface area (Å²) in [5.41, 5.74) is 2.52. The minimum absolute atomic E-state index is 0.0518. The van der Waals surface area contributed by atoms with E-state index in [4.69, 9.17) is 11.6 Å². The molecule has 1 atom stereocenters. The van der Waals surface area contributed by atoms with Crippen LogP contribution in [0, 0.1) is 0 Å². The highest BCUT2D eigenvalue weighted by atomic mass is 35.5. The van der Waals surface area contributed by atoms with Crippen molar-refractivity contribution in [2.24, 2.45) is 0 Å². The van der Waals surface area contributed by atoms with E-state index in [0.717, 1.165) is 17.8 Å². The first-order valence-corrected chi connectivity index (χ1v) is 7.51. The van der Waals surface area contributed by atoms with Crippen LogP contribution in [0.25, 0.3) is 0 Å². The van der Waals surface area contributed by atoms with Gasteiger partial charge in [0.05, 0.1) is 5.02 Å². The number of hydrogen-bond acceptors (Lipinski definition) is 4. The molecule has 0 saturated carbocycles. The summed E-state index contributed by atoms with van der Waals surface area (Å²) in [4.78, 5) is 24.7. The van der Waals surface area contributed by atoms with Crippen LogP contribution in [0.1, 0.15) is 23.0 Å². The van der Waals surface area contributed by atoms with Gasteiger partial charge in [0, 0.05) is 38.1 Å². The van der Waals surface area contributed by atoms with Gasteiger partial charge in [-0.05, 0) is 18.6 Å². The van der Waals surface area contributed by atoms with Crippen molar-refractivity contribution in [1.29, 1.82) is 0 Å². The van der Waals surface area contributed by atoms with E-state index in [1.165, 1.54) is 12.5 Å². The van der Waals surface area contributed by atoms with Crippen LogP contribution < -0.4 is 4.90 Å². The summed E-state index contributed by atoms with van der Waals surface area (Å²) in [5, 5.41) is 0.283. The molecule has 3 rings (SSSR count). The molecule has 0 bridgehead atoms. The number of carbonyl (C=O) groups is 1. The van der Waals surface area contributed by atoms with Gasteiger partial charge < -0.3 is 9.80 Å². The highest BCUT2D eigenvalue weighted by molar-refractivity contribution is 6.33. The van der Waals surface area contributed by atoms with Gasteiger partial charge >= 0.3 is 0 Å². The zero-order chi connectivity index (χ0) is 15.7. The molecule has 1 aliphatic heterocycles. The maximum atomic E-state index is 12.8. The smallest absolute Gasteiger partial charge is 0.274 e. The monoisotopic (exact) mass is 316 g/mol. The van der Waals surface area contributed by atoms with Crippen LogP contribution in [0.2, 0.25) is 5.02 Å². The molecule has 0 radical (unpaired) electrons. The minimum Gasteiger partial charge on any atom is -0.372 e. The van der Waals surface area contributed by atoms with Crippen molar-refractivity contribution in [2.75, 3.05) is 18.5 Å². The number of nitrogens with zero attached hydrogens (tertiary/aromatic N) is 4. The number of para-hydroxylation sites is 1. The van der Waals surface area contributed by atoms with Gasteiger partial charge in [0.25, 0.3) is 5.91 Å². The number of aromatic nitrogens is 2. The molecule has 0 spiro atoms. The number of anilines is 1. The summed E-state index contributed by atoms with van der Waals surface area (Å²) < 4.78 is 0. The Bertz CT molecular complexity index is 706. The number of amides is 1. The number of benzene rings is 1. The zero-order valence-electron chi connectivity index (χ0n) is 12.5. The van der Waals surface area contributed by atoms with Gasteiger partial charge in [0.2, 0.25) is 0 Å². The summed E-state index contributed by atoms with van der Waals surface area (Å²) in [6, 6.07) is 8.18. The number of hydrogen-bond donors (Lipinski definition) is 0. The number of carbonyl (C=O) groups excluding carboxylic acids is 1. The van der Waals surface area contributed by atoms with Crippen LogP contribution in [0.5, 0.6) is 0 Å². The van der Waals surface area contributed by atoms with E-state index in [9.17, 15) is 4.79 Å². The Morgan fingerprint density at radius 3 is 2.91 bits per heavy atom. The van der Waals surface area contributed by atoms with Gasteiger partial charge in [-0.3, -0.25) is 4.79 Å². The molecular weight excluding hydrogens is 300 g/mol. The van der Waals surface area contributed by atoms with Crippen molar-refractivity contribution in [3.8, 4) is 0 Å². The third-order valence-electron chi connectivity index (χ3n) is 3.94. The fourth-order valence-corrected chi connectivity index (χ4v) is 3.01. The summed E-state index contributed by atoms with van der Waals surface area (Å²) in [5.74, 6) is -0.162. The fourth-order valence-electron chi connectivity index (χ4n) is 2.83. The van der Waals surface area contributed by atoms with Gasteiger partial charge in [-0.25, -0.2) is 9.97 Å². The highest BCUT2D eigenvalue weighted by Gasteiger charge is 2.29. The second-order valence-electron chi connectivity index (χ2n) is 5.51. The molecule has 0 N–H and O–H groups in total. The van der Waals surface area contributed by atoms with Crippen molar-refractivity contribution >= 4 is 23.2 Å². The zero-order valence-corrected chi connectivity index (χ0v) is 13.3. The lowest BCUT2D eigenvalue weighted by atomic mass is 10.1. The summed E-state index contributed by atoms with van der Waals surface area (Å²) in [6.07, 6.45) is 2.80. The summed E-state index contributed by atoms with van der Waals surface area (Å²) in [6.45, 7) is 3.33. The van der Waals surface area contributed by atoms with Crippen LogP contribution in [-0.2, 0) is 6.54 Å². The van der Waals surface area contributed by atoms with E-state index in [1.807, 2.05) is 37.1 Å². The van der Waals surface area contributed by atoms with E-state index in [2.05, 4.69) is 20.9 Å². The molecule has 1 unspecified atom stereocenters. The molecule has 2 aromatic rings. The predicted molar refractivity (Wildman–Crippen MR) is 86.1 cm³/mol. The first kappa shape index (κ1) is 14.8. The second kappa shape index (κ2) is 5.93. The Balaban J connectivity index is 1.97. The molecule has 114 valence electrons. The Kier molecular flexibility index (Phi) is 3.98. The Labute approximate surface area is 134 Å². The summed E-state index contributed by atoms with van der Waals surface area (Å²) >= 11 is 6.07. The number of rotatable bonds is 1. The topological polar surface area (TPSA) is 49.3 Å². The first-order valence-electron chi connectivity index (χ1n) is 7.13. The van der Waals surface area contributed by atoms with Crippen molar-refractivity contribution in [2.45, 2.75) is 19.5 Å². The van der Waals surface area contributed by atoms with Crippen molar-refractivity contribution in [3.05, 3.63) is 53.1 Å². The molecule has 0 fully saturated rings. The maximum Gasteiger partial charge on any atom is 0.274 e. The molecule has 0 aliphatic carbocycles. The highest BCUT2D eigenvalue weighted by Crippen LogP contribution is 2.27. The average Bonchev–Trinajstić information content (AvgIpc) is 2.64. The number of fused-ring (bicyclic) bond motifs is 1. The van der Waals surface area contributed by atoms with Gasteiger partial charge in [-0.1, -0.05) is 29.8 Å². The Hall–Kier alpha value is -2.14. The van der Waals surface area contributed by atoms with Gasteiger partial charge in [-0.2, -0.15) is 0 Å². The molecule has 0 saturated heterocycles. The molecule has 1 aromatic heterocycles. The van der Waals surface area contributed by atoms with Crippen LogP contribution in [-0.4, -0.2) is 40.4 Å². The molecular formula is C16H17ClN4O. The van der Waals surface area contributed by atoms with Gasteiger partial charge in [-0.15, -0.1) is 0 Å². The normalized spacial score (nSPS) is 17.9. The lowest BCUT2D eigenvalue weighted by molar-refractivity contribution is 0.0681. The second-order valence-corrected chi connectivity index (χ2v) is 5.92. The third kappa shape index (κ3) is 2.64. The molecule has 1 aromatic carbocycles. The quantitative estimate of drug-likeness (QED) is 0.811. The Morgan fingerprint density at radius 2 is 2.14 bits per heavy atom. The van der Waals surface area contributed by atoms with Crippen LogP contribution in [0.15, 0.2) is 36.8 Å². The maximum absolute atomic E-state index is 12.8. The Morgan fingerprint density at radius 1 is 1.36 bits per heavy atom. The van der Waals surface area contributed by atoms with E-state index in [1.54, 1.807) is 0 Å². The van der Waals surface area contributed by atoms with E-state index < -0.39 is 0 Å². The van der Waals surface area contributed by atoms with E-state index in [-0.39, 0.29) is 22.7 Å². The van der Waals surface area contributed by atoms with Crippen LogP contribution in [0.3, 0.4) is 0 Å². The molecule has 1 aliphatic rings. The minimum atomic E-state index is -0.162. The van der Waals surface area contributed by atoms with Crippen molar-refractivity contribution in [1.82, 2.24) is 14.9 Å².